The van der Waals surface area contributed by atoms with Crippen LogP contribution < -0.4 is 4.74 Å². The summed E-state index contributed by atoms with van der Waals surface area (Å²) < 4.78 is 5.57. The number of hydrogen-bond donors (Lipinski definition) is 0. The van der Waals surface area contributed by atoms with Gasteiger partial charge in [-0.3, -0.25) is 9.69 Å². The predicted octanol–water partition coefficient (Wildman–Crippen LogP) is 3.03. The van der Waals surface area contributed by atoms with Crippen molar-refractivity contribution in [3.8, 4) is 5.75 Å². The van der Waals surface area contributed by atoms with Gasteiger partial charge in [-0.2, -0.15) is 0 Å². The molecule has 3 rings (SSSR count). The number of carbonyl (C=O) groups is 1. The van der Waals surface area contributed by atoms with Gasteiger partial charge < -0.3 is 9.64 Å². The summed E-state index contributed by atoms with van der Waals surface area (Å²) >= 11 is 0. The number of carbonyl (C=O) groups excluding carboxylic acids is 1. The fourth-order valence-electron chi connectivity index (χ4n) is 3.12. The molecule has 0 radical (unpaired) electrons. The van der Waals surface area contributed by atoms with Crippen LogP contribution in [0.4, 0.5) is 0 Å². The van der Waals surface area contributed by atoms with E-state index in [0.29, 0.717) is 0 Å². The fourth-order valence-corrected chi connectivity index (χ4v) is 3.12. The molecule has 1 aliphatic rings. The van der Waals surface area contributed by atoms with Gasteiger partial charge >= 0.3 is 0 Å². The van der Waals surface area contributed by atoms with Crippen LogP contribution in [-0.4, -0.2) is 48.5 Å². The molecule has 25 heavy (non-hydrogen) atoms. The zero-order valence-electron chi connectivity index (χ0n) is 15.1. The molecule has 0 aromatic heterocycles. The third-order valence-electron chi connectivity index (χ3n) is 4.73. The quantitative estimate of drug-likeness (QED) is 0.840. The van der Waals surface area contributed by atoms with Crippen molar-refractivity contribution < 1.29 is 9.53 Å². The lowest BCUT2D eigenvalue weighted by Crippen LogP contribution is -2.49. The number of piperazine rings is 1. The molecular formula is C21H26N2O2. The third-order valence-corrected chi connectivity index (χ3v) is 4.73. The first-order valence-electron chi connectivity index (χ1n) is 8.86. The maximum atomic E-state index is 12.3. The molecule has 1 fully saturated rings. The monoisotopic (exact) mass is 338 g/mol. The van der Waals surface area contributed by atoms with Crippen LogP contribution in [0.25, 0.3) is 0 Å². The van der Waals surface area contributed by atoms with E-state index in [-0.39, 0.29) is 12.5 Å². The van der Waals surface area contributed by atoms with Gasteiger partial charge in [0.25, 0.3) is 5.91 Å². The fraction of sp³-hybridized carbons (Fsp3) is 0.381. The highest BCUT2D eigenvalue weighted by atomic mass is 16.5. The molecule has 0 atom stereocenters. The summed E-state index contributed by atoms with van der Waals surface area (Å²) in [4.78, 5) is 16.6. The molecule has 0 unspecified atom stereocenters. The highest BCUT2D eigenvalue weighted by molar-refractivity contribution is 5.77. The van der Waals surface area contributed by atoms with E-state index >= 15 is 0 Å². The lowest BCUT2D eigenvalue weighted by Gasteiger charge is -2.35. The number of hydrogen-bond acceptors (Lipinski definition) is 3. The standard InChI is InChI=1S/C21H26N2O2/c1-17-8-9-18(2)19(14-17)15-22-10-12-23(13-11-22)21(24)16-25-20-6-4-3-5-7-20/h3-9,14H,10-13,15-16H2,1-2H3. The Morgan fingerprint density at radius 3 is 2.44 bits per heavy atom. The normalized spacial score (nSPS) is 15.2. The average Bonchev–Trinajstić information content (AvgIpc) is 2.64. The smallest absolute Gasteiger partial charge is 0.260 e. The average molecular weight is 338 g/mol. The van der Waals surface area contributed by atoms with Crippen LogP contribution in [0, 0.1) is 13.8 Å². The van der Waals surface area contributed by atoms with Gasteiger partial charge in [0.15, 0.2) is 6.61 Å². The van der Waals surface area contributed by atoms with Gasteiger partial charge in [-0.25, -0.2) is 0 Å². The largest absolute Gasteiger partial charge is 0.484 e. The Balaban J connectivity index is 1.46. The van der Waals surface area contributed by atoms with Gasteiger partial charge in [0.05, 0.1) is 0 Å². The van der Waals surface area contributed by atoms with Crippen LogP contribution in [0.15, 0.2) is 48.5 Å². The number of rotatable bonds is 5. The van der Waals surface area contributed by atoms with E-state index in [1.807, 2.05) is 35.2 Å². The van der Waals surface area contributed by atoms with Gasteiger partial charge in [0.1, 0.15) is 5.75 Å². The molecule has 4 heteroatoms. The second-order valence-corrected chi connectivity index (χ2v) is 6.69. The Labute approximate surface area is 150 Å². The predicted molar refractivity (Wildman–Crippen MR) is 99.7 cm³/mol. The summed E-state index contributed by atoms with van der Waals surface area (Å²) in [5.74, 6) is 0.805. The van der Waals surface area contributed by atoms with Crippen molar-refractivity contribution in [2.75, 3.05) is 32.8 Å². The minimum absolute atomic E-state index is 0.0650. The molecule has 0 N–H and O–H groups in total. The van der Waals surface area contributed by atoms with Crippen LogP contribution in [0.3, 0.4) is 0 Å². The maximum Gasteiger partial charge on any atom is 0.260 e. The first kappa shape index (κ1) is 17.5. The highest BCUT2D eigenvalue weighted by Crippen LogP contribution is 2.15. The Kier molecular flexibility index (Phi) is 5.71. The second-order valence-electron chi connectivity index (χ2n) is 6.69. The van der Waals surface area contributed by atoms with Gasteiger partial charge in [-0.15, -0.1) is 0 Å². The van der Waals surface area contributed by atoms with Crippen molar-refractivity contribution in [2.24, 2.45) is 0 Å². The Hall–Kier alpha value is -2.33. The Morgan fingerprint density at radius 1 is 1.00 bits per heavy atom. The van der Waals surface area contributed by atoms with E-state index in [1.165, 1.54) is 16.7 Å². The second kappa shape index (κ2) is 8.17. The van der Waals surface area contributed by atoms with Crippen LogP contribution in [0.2, 0.25) is 0 Å². The van der Waals surface area contributed by atoms with Crippen LogP contribution in [-0.2, 0) is 11.3 Å². The van der Waals surface area contributed by atoms with E-state index in [1.54, 1.807) is 0 Å². The van der Waals surface area contributed by atoms with Crippen molar-refractivity contribution in [1.29, 1.82) is 0 Å². The first-order valence-corrected chi connectivity index (χ1v) is 8.86. The minimum atomic E-state index is 0.0650. The molecule has 0 aliphatic carbocycles. The van der Waals surface area contributed by atoms with Crippen molar-refractivity contribution >= 4 is 5.91 Å². The molecule has 1 saturated heterocycles. The van der Waals surface area contributed by atoms with Crippen molar-refractivity contribution in [3.05, 3.63) is 65.2 Å². The number of aryl methyl sites for hydroxylation is 2. The lowest BCUT2D eigenvalue weighted by molar-refractivity contribution is -0.135. The lowest BCUT2D eigenvalue weighted by atomic mass is 10.0. The van der Waals surface area contributed by atoms with Crippen molar-refractivity contribution in [3.63, 3.8) is 0 Å². The molecule has 2 aromatic rings. The molecule has 4 nitrogen and oxygen atoms in total. The summed E-state index contributed by atoms with van der Waals surface area (Å²) in [5.41, 5.74) is 4.01. The van der Waals surface area contributed by atoms with Crippen molar-refractivity contribution in [1.82, 2.24) is 9.80 Å². The SMILES string of the molecule is Cc1ccc(C)c(CN2CCN(C(=O)COc3ccccc3)CC2)c1. The molecule has 1 heterocycles. The van der Waals surface area contributed by atoms with Gasteiger partial charge in [0, 0.05) is 32.7 Å². The molecule has 0 bridgehead atoms. The molecule has 132 valence electrons. The minimum Gasteiger partial charge on any atom is -0.484 e. The zero-order chi connectivity index (χ0) is 17.6. The van der Waals surface area contributed by atoms with E-state index in [9.17, 15) is 4.79 Å². The number of amides is 1. The van der Waals surface area contributed by atoms with E-state index in [2.05, 4.69) is 36.9 Å². The number of para-hydroxylation sites is 1. The summed E-state index contributed by atoms with van der Waals surface area (Å²) in [7, 11) is 0. The topological polar surface area (TPSA) is 32.8 Å². The van der Waals surface area contributed by atoms with Crippen LogP contribution >= 0.6 is 0 Å². The van der Waals surface area contributed by atoms with E-state index in [0.717, 1.165) is 38.5 Å². The summed E-state index contributed by atoms with van der Waals surface area (Å²) in [6, 6.07) is 16.1. The number of benzene rings is 2. The van der Waals surface area contributed by atoms with E-state index < -0.39 is 0 Å². The van der Waals surface area contributed by atoms with E-state index in [4.69, 9.17) is 4.74 Å². The molecule has 2 aromatic carbocycles. The van der Waals surface area contributed by atoms with Crippen LogP contribution in [0.5, 0.6) is 5.75 Å². The van der Waals surface area contributed by atoms with Gasteiger partial charge in [-0.1, -0.05) is 42.0 Å². The third kappa shape index (κ3) is 4.83. The molecule has 1 aliphatic heterocycles. The Morgan fingerprint density at radius 2 is 1.72 bits per heavy atom. The van der Waals surface area contributed by atoms with Crippen molar-refractivity contribution in [2.45, 2.75) is 20.4 Å². The molecule has 0 spiro atoms. The highest BCUT2D eigenvalue weighted by Gasteiger charge is 2.21. The summed E-state index contributed by atoms with van der Waals surface area (Å²) in [5, 5.41) is 0. The summed E-state index contributed by atoms with van der Waals surface area (Å²) in [6.45, 7) is 8.71. The molecule has 0 saturated carbocycles. The molecular weight excluding hydrogens is 312 g/mol. The first-order chi connectivity index (χ1) is 12.1. The molecule has 1 amide bonds. The number of nitrogens with zero attached hydrogens (tertiary/aromatic N) is 2. The van der Waals surface area contributed by atoms with Gasteiger partial charge in [-0.05, 0) is 37.1 Å². The Bertz CT molecular complexity index is 707. The maximum absolute atomic E-state index is 12.3. The number of ether oxygens (including phenoxy) is 1. The zero-order valence-corrected chi connectivity index (χ0v) is 15.1. The van der Waals surface area contributed by atoms with Crippen LogP contribution in [0.1, 0.15) is 16.7 Å². The van der Waals surface area contributed by atoms with Gasteiger partial charge in [0.2, 0.25) is 0 Å². The summed E-state index contributed by atoms with van der Waals surface area (Å²) in [6.07, 6.45) is 0.